The van der Waals surface area contributed by atoms with Crippen LogP contribution in [0.1, 0.15) is 155 Å². The van der Waals surface area contributed by atoms with E-state index >= 15 is 0 Å². The smallest absolute Gasteiger partial charge is 0.462 e. The van der Waals surface area contributed by atoms with Crippen LogP contribution >= 0.6 is 7.82 Å². The molecule has 1 aliphatic rings. The molecule has 13 nitrogen and oxygen atoms in total. The number of unbranched alkanes of at least 4 members (excludes halogenated alkanes) is 13. The Bertz CT molecular complexity index is 1270. The summed E-state index contributed by atoms with van der Waals surface area (Å²) in [4.78, 5) is 35.6. The topological polar surface area (TPSA) is 210 Å². The largest absolute Gasteiger partial charge is 0.472 e. The fourth-order valence-corrected chi connectivity index (χ4v) is 7.29. The summed E-state index contributed by atoms with van der Waals surface area (Å²) in [6.07, 6.45) is 28.6. The van der Waals surface area contributed by atoms with E-state index in [4.69, 9.17) is 18.5 Å². The molecule has 0 radical (unpaired) electrons. The number of carbonyl (C=O) groups is 2. The maximum absolute atomic E-state index is 12.8. The summed E-state index contributed by atoms with van der Waals surface area (Å²) in [5, 5.41) is 50.1. The van der Waals surface area contributed by atoms with Crippen molar-refractivity contribution in [2.24, 2.45) is 0 Å². The Kier molecular flexibility index (Phi) is 32.5. The van der Waals surface area contributed by atoms with E-state index in [1.54, 1.807) is 0 Å². The Balaban J connectivity index is 2.52. The molecule has 1 fully saturated rings. The number of rotatable bonds is 35. The molecule has 14 heteroatoms. The summed E-state index contributed by atoms with van der Waals surface area (Å²) in [7, 11) is -5.13. The minimum absolute atomic E-state index is 0.0846. The van der Waals surface area contributed by atoms with Gasteiger partial charge >= 0.3 is 19.8 Å². The monoisotopic (exact) mass is 857 g/mol. The quantitative estimate of drug-likeness (QED) is 0.0154. The molecular weight excluding hydrogens is 779 g/mol. The first kappa shape index (κ1) is 54.6. The molecule has 8 atom stereocenters. The molecule has 0 spiro atoms. The Morgan fingerprint density at radius 1 is 0.542 bits per heavy atom. The lowest BCUT2D eigenvalue weighted by Crippen LogP contribution is -2.64. The lowest BCUT2D eigenvalue weighted by Gasteiger charge is -2.41. The molecule has 59 heavy (non-hydrogen) atoms. The number of esters is 2. The second kappa shape index (κ2) is 35.2. The normalized spacial score (nSPS) is 22.9. The van der Waals surface area contributed by atoms with E-state index in [-0.39, 0.29) is 12.8 Å². The predicted molar refractivity (Wildman–Crippen MR) is 230 cm³/mol. The van der Waals surface area contributed by atoms with Crippen LogP contribution in [0.3, 0.4) is 0 Å². The standard InChI is InChI=1S/C45H77O13P/c1-3-5-7-9-11-13-15-17-18-19-20-22-23-25-27-29-31-33-38(46)55-35-37(36-56-59(53,54)58-45-43(51)41(49)40(48)42(50)44(45)52)57-39(47)34-32-30-28-26-24-21-16-14-12-10-8-6-4-2/h5,7,11,13,17-18,20,22,25,27,37,40-45,48-52H,3-4,6,8-10,12,14-16,19,21,23-24,26,28-36H2,1-2H3,(H,53,54)/b7-5+,13-11+,18-17+,22-20+,27-25+/t37-,40?,41-,42?,43?,44?,45?/m0/s1. The van der Waals surface area contributed by atoms with Gasteiger partial charge in [-0.3, -0.25) is 18.6 Å². The average Bonchev–Trinajstić information content (AvgIpc) is 3.21. The number of carbonyl (C=O) groups excluding carboxylic acids is 2. The molecule has 0 bridgehead atoms. The van der Waals surface area contributed by atoms with Crippen molar-refractivity contribution in [2.45, 2.75) is 198 Å². The van der Waals surface area contributed by atoms with Crippen LogP contribution in [-0.4, -0.2) is 98.3 Å². The van der Waals surface area contributed by atoms with Gasteiger partial charge in [0.2, 0.25) is 0 Å². The maximum Gasteiger partial charge on any atom is 0.472 e. The van der Waals surface area contributed by atoms with Crippen LogP contribution in [0.25, 0.3) is 0 Å². The van der Waals surface area contributed by atoms with Gasteiger partial charge in [0, 0.05) is 12.8 Å². The van der Waals surface area contributed by atoms with Gasteiger partial charge in [-0.15, -0.1) is 0 Å². The minimum Gasteiger partial charge on any atom is -0.462 e. The Morgan fingerprint density at radius 2 is 0.966 bits per heavy atom. The highest BCUT2D eigenvalue weighted by atomic mass is 31.2. The SMILES string of the molecule is CC/C=C/C/C=C/C/C=C/C/C=C/C/C=C/CCCC(=O)OC[C@@H](COP(=O)(O)OC1C(O)C(O)C(O)[C@H](O)C1O)OC(=O)CCCCCCCCCCCCCCC. The van der Waals surface area contributed by atoms with Gasteiger partial charge in [0.1, 0.15) is 43.2 Å². The maximum atomic E-state index is 12.8. The number of phosphoric ester groups is 1. The Morgan fingerprint density at radius 3 is 1.46 bits per heavy atom. The van der Waals surface area contributed by atoms with Gasteiger partial charge in [-0.1, -0.05) is 152 Å². The molecule has 340 valence electrons. The van der Waals surface area contributed by atoms with Crippen LogP contribution in [0, 0.1) is 0 Å². The zero-order chi connectivity index (χ0) is 43.6. The van der Waals surface area contributed by atoms with Gasteiger partial charge in [0.25, 0.3) is 0 Å². The van der Waals surface area contributed by atoms with E-state index in [0.717, 1.165) is 57.8 Å². The molecule has 0 aromatic carbocycles. The number of phosphoric acid groups is 1. The van der Waals surface area contributed by atoms with Crippen molar-refractivity contribution in [3.63, 3.8) is 0 Å². The van der Waals surface area contributed by atoms with E-state index in [0.29, 0.717) is 19.3 Å². The van der Waals surface area contributed by atoms with Crippen LogP contribution < -0.4 is 0 Å². The Labute approximate surface area is 353 Å². The fourth-order valence-electron chi connectivity index (χ4n) is 6.32. The number of aliphatic hydroxyl groups is 5. The van der Waals surface area contributed by atoms with Crippen LogP contribution in [-0.2, 0) is 32.7 Å². The highest BCUT2D eigenvalue weighted by Crippen LogP contribution is 2.47. The van der Waals surface area contributed by atoms with Crippen molar-refractivity contribution in [3.8, 4) is 0 Å². The van der Waals surface area contributed by atoms with Gasteiger partial charge in [0.05, 0.1) is 6.61 Å². The lowest BCUT2D eigenvalue weighted by atomic mass is 9.85. The van der Waals surface area contributed by atoms with E-state index in [1.165, 1.54) is 51.4 Å². The zero-order valence-corrected chi connectivity index (χ0v) is 36.7. The van der Waals surface area contributed by atoms with Crippen molar-refractivity contribution in [3.05, 3.63) is 60.8 Å². The van der Waals surface area contributed by atoms with Gasteiger partial charge in [-0.05, 0) is 51.4 Å². The molecular formula is C45H77O13P. The molecule has 0 saturated heterocycles. The second-order valence-electron chi connectivity index (χ2n) is 15.2. The molecule has 6 N–H and O–H groups in total. The molecule has 1 saturated carbocycles. The third kappa shape index (κ3) is 27.9. The van der Waals surface area contributed by atoms with Gasteiger partial charge in [-0.25, -0.2) is 4.57 Å². The minimum atomic E-state index is -5.13. The first-order valence-corrected chi connectivity index (χ1v) is 23.6. The first-order valence-electron chi connectivity index (χ1n) is 22.1. The third-order valence-electron chi connectivity index (χ3n) is 9.87. The van der Waals surface area contributed by atoms with Crippen molar-refractivity contribution in [2.75, 3.05) is 13.2 Å². The van der Waals surface area contributed by atoms with Crippen molar-refractivity contribution >= 4 is 19.8 Å². The van der Waals surface area contributed by atoms with E-state index in [9.17, 15) is 44.6 Å². The molecule has 1 rings (SSSR count). The van der Waals surface area contributed by atoms with Crippen LogP contribution in [0.5, 0.6) is 0 Å². The number of hydrogen-bond acceptors (Lipinski definition) is 12. The third-order valence-corrected chi connectivity index (χ3v) is 10.9. The number of allylic oxidation sites excluding steroid dienone is 10. The molecule has 1 aliphatic carbocycles. The van der Waals surface area contributed by atoms with Crippen LogP contribution in [0.4, 0.5) is 0 Å². The van der Waals surface area contributed by atoms with Gasteiger partial charge in [0.15, 0.2) is 6.10 Å². The first-order chi connectivity index (χ1) is 28.4. The Hall–Kier alpha value is -2.45. The molecule has 0 amide bonds. The molecule has 6 unspecified atom stereocenters. The van der Waals surface area contributed by atoms with Crippen molar-refractivity contribution < 1.29 is 63.1 Å². The van der Waals surface area contributed by atoms with E-state index in [2.05, 4.69) is 62.5 Å². The summed E-state index contributed by atoms with van der Waals surface area (Å²) >= 11 is 0. The summed E-state index contributed by atoms with van der Waals surface area (Å²) in [6, 6.07) is 0. The van der Waals surface area contributed by atoms with Crippen molar-refractivity contribution in [1.82, 2.24) is 0 Å². The summed E-state index contributed by atoms with van der Waals surface area (Å²) in [5.41, 5.74) is 0. The summed E-state index contributed by atoms with van der Waals surface area (Å²) < 4.78 is 33.4. The predicted octanol–water partition coefficient (Wildman–Crippen LogP) is 8.16. The number of ether oxygens (including phenoxy) is 2. The van der Waals surface area contributed by atoms with Crippen molar-refractivity contribution in [1.29, 1.82) is 0 Å². The lowest BCUT2D eigenvalue weighted by molar-refractivity contribution is -0.220. The molecule has 0 aromatic heterocycles. The molecule has 0 heterocycles. The average molecular weight is 857 g/mol. The summed E-state index contributed by atoms with van der Waals surface area (Å²) in [6.45, 7) is 3.12. The van der Waals surface area contributed by atoms with E-state index in [1.807, 2.05) is 12.2 Å². The second-order valence-corrected chi connectivity index (χ2v) is 16.6. The van der Waals surface area contributed by atoms with Gasteiger partial charge in [-0.2, -0.15) is 0 Å². The van der Waals surface area contributed by atoms with Crippen LogP contribution in [0.15, 0.2) is 60.8 Å². The van der Waals surface area contributed by atoms with Crippen LogP contribution in [0.2, 0.25) is 0 Å². The fraction of sp³-hybridized carbons (Fsp3) is 0.733. The highest BCUT2D eigenvalue weighted by molar-refractivity contribution is 7.47. The molecule has 0 aromatic rings. The highest BCUT2D eigenvalue weighted by Gasteiger charge is 2.51. The summed E-state index contributed by atoms with van der Waals surface area (Å²) in [5.74, 6) is -1.17. The molecule has 0 aliphatic heterocycles. The zero-order valence-electron chi connectivity index (χ0n) is 35.8. The van der Waals surface area contributed by atoms with E-state index < -0.39 is 75.7 Å². The number of hydrogen-bond donors (Lipinski definition) is 6. The van der Waals surface area contributed by atoms with Gasteiger partial charge < -0.3 is 39.9 Å². The number of aliphatic hydroxyl groups excluding tert-OH is 5.